The minimum Gasteiger partial charge on any atom is -0.477 e. The van der Waals surface area contributed by atoms with Crippen molar-refractivity contribution in [3.8, 4) is 0 Å². The molecule has 2 aliphatic heterocycles. The number of aliphatic hydroxyl groups excluding tert-OH is 1. The topological polar surface area (TPSA) is 126 Å². The Morgan fingerprint density at radius 3 is 2.71 bits per heavy atom. The van der Waals surface area contributed by atoms with Crippen LogP contribution in [0.5, 0.6) is 0 Å². The predicted octanol–water partition coefficient (Wildman–Crippen LogP) is 3.25. The van der Waals surface area contributed by atoms with E-state index in [0.29, 0.717) is 43.3 Å². The third kappa shape index (κ3) is 7.86. The van der Waals surface area contributed by atoms with Crippen molar-refractivity contribution in [3.05, 3.63) is 70.7 Å². The summed E-state index contributed by atoms with van der Waals surface area (Å²) in [6.45, 7) is 4.52. The van der Waals surface area contributed by atoms with Gasteiger partial charge in [0.15, 0.2) is 0 Å². The summed E-state index contributed by atoms with van der Waals surface area (Å²) in [5.41, 5.74) is 7.14. The smallest absolute Gasteiger partial charge is 0.248 e. The van der Waals surface area contributed by atoms with E-state index in [9.17, 15) is 14.7 Å². The van der Waals surface area contributed by atoms with E-state index in [0.717, 1.165) is 24.0 Å². The lowest BCUT2D eigenvalue weighted by Crippen LogP contribution is -2.58. The Hall–Kier alpha value is -2.98. The molecule has 0 aliphatic carbocycles. The van der Waals surface area contributed by atoms with Crippen molar-refractivity contribution >= 4 is 29.3 Å². The Bertz CT molecular complexity index is 1210. The standard InChI is InChI=1S/C31H41ClN4O5/c1-3-9-25(33)28(38)34-27(21(2)40-18-22-10-5-4-6-11-22)30(39)36-15-8-14-26(36)29-35-31(19-37,20-41-29)17-23-12-7-13-24(32)16-23/h4-7,10-13,16,21,25-27,37H,3,8-9,14-15,17-20,33H2,1-2H3,(H,34,38)/t21-,25+,26+,27+,31+/m1/s1. The van der Waals surface area contributed by atoms with Gasteiger partial charge in [-0.1, -0.05) is 67.4 Å². The van der Waals surface area contributed by atoms with E-state index in [4.69, 9.17) is 31.8 Å². The Morgan fingerprint density at radius 1 is 1.24 bits per heavy atom. The highest BCUT2D eigenvalue weighted by Gasteiger charge is 2.44. The van der Waals surface area contributed by atoms with Gasteiger partial charge in [-0.05, 0) is 49.4 Å². The zero-order valence-electron chi connectivity index (χ0n) is 23.8. The molecule has 0 saturated carbocycles. The molecule has 2 heterocycles. The van der Waals surface area contributed by atoms with E-state index in [1.54, 1.807) is 17.9 Å². The van der Waals surface area contributed by atoms with E-state index < -0.39 is 29.8 Å². The molecule has 0 unspecified atom stereocenters. The number of nitrogens with one attached hydrogen (secondary N) is 1. The van der Waals surface area contributed by atoms with Gasteiger partial charge in [-0.2, -0.15) is 0 Å². The van der Waals surface area contributed by atoms with Crippen molar-refractivity contribution < 1.29 is 24.2 Å². The first kappa shape index (κ1) is 31.0. The predicted molar refractivity (Wildman–Crippen MR) is 159 cm³/mol. The minimum absolute atomic E-state index is 0.201. The van der Waals surface area contributed by atoms with Crippen LogP contribution < -0.4 is 11.1 Å². The first-order valence-corrected chi connectivity index (χ1v) is 14.7. The van der Waals surface area contributed by atoms with E-state index in [-0.39, 0.29) is 25.0 Å². The quantitative estimate of drug-likeness (QED) is 0.332. The van der Waals surface area contributed by atoms with Gasteiger partial charge >= 0.3 is 0 Å². The molecule has 9 nitrogen and oxygen atoms in total. The number of carbonyl (C=O) groups is 2. The molecule has 0 aromatic heterocycles. The van der Waals surface area contributed by atoms with Gasteiger partial charge in [0, 0.05) is 18.0 Å². The van der Waals surface area contributed by atoms with Crippen LogP contribution in [0.2, 0.25) is 5.02 Å². The average Bonchev–Trinajstić information content (AvgIpc) is 3.63. The van der Waals surface area contributed by atoms with Gasteiger partial charge in [0.1, 0.15) is 24.2 Å². The monoisotopic (exact) mass is 584 g/mol. The lowest BCUT2D eigenvalue weighted by molar-refractivity contribution is -0.141. The molecule has 222 valence electrons. The number of likely N-dealkylation sites (tertiary alicyclic amines) is 1. The fourth-order valence-corrected chi connectivity index (χ4v) is 5.59. The Balaban J connectivity index is 1.52. The molecule has 0 radical (unpaired) electrons. The van der Waals surface area contributed by atoms with Crippen molar-refractivity contribution in [1.82, 2.24) is 10.2 Å². The molecule has 2 amide bonds. The van der Waals surface area contributed by atoms with Crippen LogP contribution in [0.25, 0.3) is 0 Å². The number of nitrogens with zero attached hydrogens (tertiary/aromatic N) is 2. The second-order valence-electron chi connectivity index (χ2n) is 11.0. The summed E-state index contributed by atoms with van der Waals surface area (Å²) in [6, 6.07) is 15.1. The molecule has 10 heteroatoms. The summed E-state index contributed by atoms with van der Waals surface area (Å²) < 4.78 is 12.1. The first-order chi connectivity index (χ1) is 19.7. The van der Waals surface area contributed by atoms with Crippen LogP contribution >= 0.6 is 11.6 Å². The number of benzene rings is 2. The van der Waals surface area contributed by atoms with E-state index in [2.05, 4.69) is 5.32 Å². The lowest BCUT2D eigenvalue weighted by atomic mass is 9.93. The molecule has 4 N–H and O–H groups in total. The molecule has 2 aromatic rings. The molecule has 1 fully saturated rings. The molecule has 0 bridgehead atoms. The van der Waals surface area contributed by atoms with Crippen LogP contribution in [0.1, 0.15) is 50.7 Å². The van der Waals surface area contributed by atoms with Gasteiger partial charge in [0.05, 0.1) is 25.4 Å². The third-order valence-electron chi connectivity index (χ3n) is 7.70. The minimum atomic E-state index is -0.939. The normalized spacial score (nSPS) is 22.5. The van der Waals surface area contributed by atoms with Gasteiger partial charge in [0.2, 0.25) is 17.7 Å². The molecule has 0 spiro atoms. The summed E-state index contributed by atoms with van der Waals surface area (Å²) in [5.74, 6) is -0.225. The number of amides is 2. The number of nitrogens with two attached hydrogens (primary N) is 1. The maximum absolute atomic E-state index is 14.1. The Kier molecular flexibility index (Phi) is 10.8. The second-order valence-corrected chi connectivity index (χ2v) is 11.4. The van der Waals surface area contributed by atoms with Crippen molar-refractivity contribution in [2.45, 2.75) is 82.3 Å². The van der Waals surface area contributed by atoms with Crippen molar-refractivity contribution in [1.29, 1.82) is 0 Å². The van der Waals surface area contributed by atoms with Crippen LogP contribution in [0.4, 0.5) is 0 Å². The largest absolute Gasteiger partial charge is 0.477 e. The maximum Gasteiger partial charge on any atom is 0.248 e. The highest BCUT2D eigenvalue weighted by molar-refractivity contribution is 6.30. The van der Waals surface area contributed by atoms with E-state index in [1.165, 1.54) is 0 Å². The summed E-state index contributed by atoms with van der Waals surface area (Å²) in [6.07, 6.45) is 2.52. The number of hydrogen-bond donors (Lipinski definition) is 3. The molecule has 1 saturated heterocycles. The van der Waals surface area contributed by atoms with Gasteiger partial charge in [-0.15, -0.1) is 0 Å². The number of aliphatic hydroxyl groups is 1. The van der Waals surface area contributed by atoms with Crippen molar-refractivity contribution in [2.24, 2.45) is 10.7 Å². The molecule has 4 rings (SSSR count). The van der Waals surface area contributed by atoms with Crippen LogP contribution in [0.15, 0.2) is 59.6 Å². The SMILES string of the molecule is CCC[C@H](N)C(=O)N[C@H](C(=O)N1CCC[C@H]1C1=N[C@](CO)(Cc2cccc(Cl)c2)CO1)[C@@H](C)OCc1ccccc1. The number of carbonyl (C=O) groups excluding carboxylic acids is 2. The molecule has 41 heavy (non-hydrogen) atoms. The number of aliphatic imine (C=N–C) groups is 1. The van der Waals surface area contributed by atoms with Crippen LogP contribution in [-0.4, -0.2) is 77.2 Å². The molecule has 5 atom stereocenters. The highest BCUT2D eigenvalue weighted by Crippen LogP contribution is 2.30. The van der Waals surface area contributed by atoms with E-state index >= 15 is 0 Å². The fourth-order valence-electron chi connectivity index (χ4n) is 5.38. The van der Waals surface area contributed by atoms with Gasteiger partial charge in [0.25, 0.3) is 0 Å². The second kappa shape index (κ2) is 14.3. The van der Waals surface area contributed by atoms with Gasteiger partial charge in [-0.3, -0.25) is 9.59 Å². The average molecular weight is 585 g/mol. The van der Waals surface area contributed by atoms with Gasteiger partial charge < -0.3 is 30.5 Å². The number of hydrogen-bond acceptors (Lipinski definition) is 7. The van der Waals surface area contributed by atoms with Crippen LogP contribution in [0, 0.1) is 0 Å². The molecular weight excluding hydrogens is 544 g/mol. The Labute approximate surface area is 247 Å². The summed E-state index contributed by atoms with van der Waals surface area (Å²) in [5, 5.41) is 13.8. The maximum atomic E-state index is 14.1. The van der Waals surface area contributed by atoms with Crippen LogP contribution in [0.3, 0.4) is 0 Å². The van der Waals surface area contributed by atoms with E-state index in [1.807, 2.05) is 55.5 Å². The van der Waals surface area contributed by atoms with Crippen molar-refractivity contribution in [3.63, 3.8) is 0 Å². The van der Waals surface area contributed by atoms with Crippen molar-refractivity contribution in [2.75, 3.05) is 19.8 Å². The third-order valence-corrected chi connectivity index (χ3v) is 7.93. The van der Waals surface area contributed by atoms with Crippen LogP contribution in [-0.2, 0) is 32.1 Å². The fraction of sp³-hybridized carbons (Fsp3) is 0.516. The summed E-state index contributed by atoms with van der Waals surface area (Å²) in [7, 11) is 0. The zero-order chi connectivity index (χ0) is 29.4. The molecule has 2 aromatic carbocycles. The zero-order valence-corrected chi connectivity index (χ0v) is 24.6. The summed E-state index contributed by atoms with van der Waals surface area (Å²) in [4.78, 5) is 33.6. The summed E-state index contributed by atoms with van der Waals surface area (Å²) >= 11 is 6.17. The molecular formula is C31H41ClN4O5. The first-order valence-electron chi connectivity index (χ1n) is 14.3. The number of ether oxygens (including phenoxy) is 2. The number of rotatable bonds is 13. The highest BCUT2D eigenvalue weighted by atomic mass is 35.5. The molecule has 2 aliphatic rings. The Morgan fingerprint density at radius 2 is 2.00 bits per heavy atom. The number of halogens is 1. The lowest BCUT2D eigenvalue weighted by Gasteiger charge is -2.32. The van der Waals surface area contributed by atoms with Gasteiger partial charge in [-0.25, -0.2) is 4.99 Å².